The Hall–Kier alpha value is -2.69. The summed E-state index contributed by atoms with van der Waals surface area (Å²) in [6.07, 6.45) is 2.34. The van der Waals surface area contributed by atoms with Gasteiger partial charge in [-0.15, -0.1) is 11.3 Å². The van der Waals surface area contributed by atoms with Crippen LogP contribution in [0.1, 0.15) is 28.1 Å². The third kappa shape index (κ3) is 5.66. The average Bonchev–Trinajstić information content (AvgIpc) is 3.30. The van der Waals surface area contributed by atoms with Crippen LogP contribution in [-0.4, -0.2) is 38.6 Å². The Bertz CT molecular complexity index is 956. The van der Waals surface area contributed by atoms with Gasteiger partial charge in [0.05, 0.1) is 4.91 Å². The second kappa shape index (κ2) is 9.68. The zero-order valence-corrected chi connectivity index (χ0v) is 17.5. The van der Waals surface area contributed by atoms with Crippen LogP contribution >= 0.6 is 35.3 Å². The van der Waals surface area contributed by atoms with Gasteiger partial charge in [0.15, 0.2) is 0 Å². The summed E-state index contributed by atoms with van der Waals surface area (Å²) in [7, 11) is 0. The first-order valence-corrected chi connectivity index (χ1v) is 10.7. The van der Waals surface area contributed by atoms with Crippen molar-refractivity contribution < 1.29 is 19.5 Å². The number of amides is 3. The molecule has 29 heavy (non-hydrogen) atoms. The molecule has 2 heterocycles. The minimum Gasteiger partial charge on any atom is -0.508 e. The largest absolute Gasteiger partial charge is 0.508 e. The van der Waals surface area contributed by atoms with Crippen LogP contribution in [0.2, 0.25) is 0 Å². The van der Waals surface area contributed by atoms with Gasteiger partial charge in [0.1, 0.15) is 10.1 Å². The zero-order valence-electron chi connectivity index (χ0n) is 15.1. The number of benzene rings is 1. The van der Waals surface area contributed by atoms with E-state index >= 15 is 0 Å². The Balaban J connectivity index is 1.43. The van der Waals surface area contributed by atoms with E-state index in [-0.39, 0.29) is 24.0 Å². The van der Waals surface area contributed by atoms with E-state index in [0.717, 1.165) is 4.88 Å². The number of nitrogens with zero attached hydrogens (tertiary/aromatic N) is 1. The van der Waals surface area contributed by atoms with E-state index in [1.165, 1.54) is 52.3 Å². The van der Waals surface area contributed by atoms with Crippen LogP contribution in [0.3, 0.4) is 0 Å². The summed E-state index contributed by atoms with van der Waals surface area (Å²) in [5.74, 6) is -0.980. The van der Waals surface area contributed by atoms with Gasteiger partial charge in [-0.25, -0.2) is 0 Å². The Morgan fingerprint density at radius 2 is 1.93 bits per heavy atom. The number of hydrazine groups is 1. The Labute approximate surface area is 180 Å². The van der Waals surface area contributed by atoms with Gasteiger partial charge in [-0.3, -0.25) is 30.1 Å². The van der Waals surface area contributed by atoms with E-state index < -0.39 is 5.91 Å². The fourth-order valence-electron chi connectivity index (χ4n) is 2.47. The van der Waals surface area contributed by atoms with E-state index in [1.54, 1.807) is 0 Å². The van der Waals surface area contributed by atoms with Gasteiger partial charge < -0.3 is 5.11 Å². The molecule has 0 bridgehead atoms. The highest BCUT2D eigenvalue weighted by molar-refractivity contribution is 8.26. The number of hydrogen-bond acceptors (Lipinski definition) is 7. The average molecular weight is 448 g/mol. The topological polar surface area (TPSA) is 98.7 Å². The molecule has 1 aliphatic rings. The standard InChI is InChI=1S/C19H17N3O4S3/c23-13-7-5-12(6-8-13)17(25)21-20-16(24)4-1-9-22-18(26)15(29-19(22)27)11-14-3-2-10-28-14/h2-3,5-8,10-11,23H,1,4,9H2,(H,20,24)(H,21,25). The quantitative estimate of drug-likeness (QED) is 0.358. The van der Waals surface area contributed by atoms with Crippen molar-refractivity contribution in [3.63, 3.8) is 0 Å². The molecule has 1 aliphatic heterocycles. The summed E-state index contributed by atoms with van der Waals surface area (Å²) in [6.45, 7) is 0.325. The van der Waals surface area contributed by atoms with Crippen LogP contribution in [-0.2, 0) is 9.59 Å². The van der Waals surface area contributed by atoms with E-state index in [2.05, 4.69) is 10.9 Å². The van der Waals surface area contributed by atoms with Crippen molar-refractivity contribution >= 4 is 63.4 Å². The van der Waals surface area contributed by atoms with Crippen molar-refractivity contribution in [2.24, 2.45) is 0 Å². The first kappa shape index (κ1) is 21.0. The molecular weight excluding hydrogens is 430 g/mol. The number of aromatic hydroxyl groups is 1. The summed E-state index contributed by atoms with van der Waals surface area (Å²) < 4.78 is 0.471. The molecule has 1 saturated heterocycles. The molecule has 150 valence electrons. The SMILES string of the molecule is O=C(CCCN1C(=O)C(=Cc2cccs2)SC1=S)NNC(=O)c1ccc(O)cc1. The molecule has 2 aromatic rings. The van der Waals surface area contributed by atoms with E-state index in [9.17, 15) is 19.5 Å². The summed E-state index contributed by atoms with van der Waals surface area (Å²) in [5, 5.41) is 11.2. The molecule has 0 atom stereocenters. The molecule has 0 saturated carbocycles. The van der Waals surface area contributed by atoms with E-state index in [4.69, 9.17) is 12.2 Å². The highest BCUT2D eigenvalue weighted by Gasteiger charge is 2.31. The lowest BCUT2D eigenvalue weighted by Crippen LogP contribution is -2.41. The van der Waals surface area contributed by atoms with Gasteiger partial charge in [-0.2, -0.15) is 0 Å². The molecule has 0 radical (unpaired) electrons. The van der Waals surface area contributed by atoms with E-state index in [1.807, 2.05) is 23.6 Å². The Kier molecular flexibility index (Phi) is 7.02. The van der Waals surface area contributed by atoms with Crippen molar-refractivity contribution in [2.75, 3.05) is 6.54 Å². The number of phenols is 1. The van der Waals surface area contributed by atoms with E-state index in [0.29, 0.717) is 27.8 Å². The lowest BCUT2D eigenvalue weighted by atomic mass is 10.2. The van der Waals surface area contributed by atoms with Crippen molar-refractivity contribution in [2.45, 2.75) is 12.8 Å². The fourth-order valence-corrected chi connectivity index (χ4v) is 4.50. The molecule has 10 heteroatoms. The van der Waals surface area contributed by atoms with Crippen molar-refractivity contribution in [3.05, 3.63) is 57.1 Å². The summed E-state index contributed by atoms with van der Waals surface area (Å²) in [6, 6.07) is 9.48. The smallest absolute Gasteiger partial charge is 0.269 e. The highest BCUT2D eigenvalue weighted by Crippen LogP contribution is 2.33. The molecule has 1 aromatic carbocycles. The Morgan fingerprint density at radius 3 is 2.62 bits per heavy atom. The summed E-state index contributed by atoms with van der Waals surface area (Å²) in [4.78, 5) is 39.4. The monoisotopic (exact) mass is 447 g/mol. The molecule has 7 nitrogen and oxygen atoms in total. The van der Waals surface area contributed by atoms with Gasteiger partial charge >= 0.3 is 0 Å². The normalized spacial score (nSPS) is 15.0. The molecule has 1 fully saturated rings. The number of thioether (sulfide) groups is 1. The summed E-state index contributed by atoms with van der Waals surface area (Å²) >= 11 is 8.06. The van der Waals surface area contributed by atoms with Gasteiger partial charge in [0.25, 0.3) is 11.8 Å². The fraction of sp³-hybridized carbons (Fsp3) is 0.158. The van der Waals surface area contributed by atoms with Crippen LogP contribution < -0.4 is 10.9 Å². The number of thiocarbonyl (C=S) groups is 1. The molecule has 0 spiro atoms. The maximum atomic E-state index is 12.5. The molecule has 0 aliphatic carbocycles. The number of nitrogens with one attached hydrogen (secondary N) is 2. The highest BCUT2D eigenvalue weighted by atomic mass is 32.2. The number of thiophene rings is 1. The molecule has 0 unspecified atom stereocenters. The van der Waals surface area contributed by atoms with Gasteiger partial charge in [-0.1, -0.05) is 30.0 Å². The minimum atomic E-state index is -0.492. The predicted octanol–water partition coefficient (Wildman–Crippen LogP) is 2.90. The predicted molar refractivity (Wildman–Crippen MR) is 117 cm³/mol. The van der Waals surface area contributed by atoms with Gasteiger partial charge in [-0.05, 0) is 48.2 Å². The second-order valence-corrected chi connectivity index (χ2v) is 8.66. The van der Waals surface area contributed by atoms with Crippen LogP contribution in [0.4, 0.5) is 0 Å². The van der Waals surface area contributed by atoms with Crippen LogP contribution in [0.5, 0.6) is 5.75 Å². The van der Waals surface area contributed by atoms with Gasteiger partial charge in [0.2, 0.25) is 5.91 Å². The second-order valence-electron chi connectivity index (χ2n) is 6.00. The minimum absolute atomic E-state index is 0.0477. The first-order valence-electron chi connectivity index (χ1n) is 8.61. The third-order valence-electron chi connectivity index (χ3n) is 3.92. The number of hydrogen-bond donors (Lipinski definition) is 3. The van der Waals surface area contributed by atoms with Crippen LogP contribution in [0.15, 0.2) is 46.7 Å². The van der Waals surface area contributed by atoms with Crippen molar-refractivity contribution in [1.29, 1.82) is 0 Å². The Morgan fingerprint density at radius 1 is 1.17 bits per heavy atom. The lowest BCUT2D eigenvalue weighted by Gasteiger charge is -2.14. The first-order chi connectivity index (χ1) is 13.9. The zero-order chi connectivity index (χ0) is 20.8. The molecule has 1 aromatic heterocycles. The third-order valence-corrected chi connectivity index (χ3v) is 6.12. The molecule has 3 rings (SSSR count). The molecule has 3 N–H and O–H groups in total. The van der Waals surface area contributed by atoms with Crippen LogP contribution in [0, 0.1) is 0 Å². The van der Waals surface area contributed by atoms with Crippen molar-refractivity contribution in [3.8, 4) is 5.75 Å². The number of phenolic OH excluding ortho intramolecular Hbond substituents is 1. The number of carbonyl (C=O) groups is 3. The van der Waals surface area contributed by atoms with Gasteiger partial charge in [0, 0.05) is 23.4 Å². The maximum absolute atomic E-state index is 12.5. The van der Waals surface area contributed by atoms with Crippen LogP contribution in [0.25, 0.3) is 6.08 Å². The summed E-state index contributed by atoms with van der Waals surface area (Å²) in [5.41, 5.74) is 4.94. The number of carbonyl (C=O) groups excluding carboxylic acids is 3. The lowest BCUT2D eigenvalue weighted by molar-refractivity contribution is -0.124. The molecular formula is C19H17N3O4S3. The number of rotatable bonds is 6. The molecule has 3 amide bonds. The van der Waals surface area contributed by atoms with Crippen molar-refractivity contribution in [1.82, 2.24) is 15.8 Å². The maximum Gasteiger partial charge on any atom is 0.269 e.